The van der Waals surface area contributed by atoms with Crippen LogP contribution in [0.2, 0.25) is 0 Å². The van der Waals surface area contributed by atoms with Gasteiger partial charge in [0.05, 0.1) is 18.6 Å². The molecule has 0 aliphatic heterocycles. The van der Waals surface area contributed by atoms with Gasteiger partial charge in [-0.25, -0.2) is 4.98 Å². The molecule has 0 aromatic carbocycles. The molecule has 2 N–H and O–H groups in total. The van der Waals surface area contributed by atoms with E-state index in [1.165, 1.54) is 0 Å². The first kappa shape index (κ1) is 9.21. The lowest BCUT2D eigenvalue weighted by Gasteiger charge is -2.02. The van der Waals surface area contributed by atoms with Crippen LogP contribution in [0.25, 0.3) is 0 Å². The van der Waals surface area contributed by atoms with E-state index >= 15 is 0 Å². The third-order valence-corrected chi connectivity index (χ3v) is 2.54. The summed E-state index contributed by atoms with van der Waals surface area (Å²) in [6.45, 7) is 0.672. The summed E-state index contributed by atoms with van der Waals surface area (Å²) in [4.78, 5) is 8.19. The Kier molecular flexibility index (Phi) is 2.49. The second-order valence-electron chi connectivity index (χ2n) is 2.90. The standard InChI is InChI=1S/C9H9BrN4/c10-7-2-1-3-12-8(7)4-14-5-9(11)13-6-14/h1-3,5-6H,4,11H2. The predicted molar refractivity (Wildman–Crippen MR) is 57.7 cm³/mol. The van der Waals surface area contributed by atoms with E-state index in [0.717, 1.165) is 10.2 Å². The molecule has 2 rings (SSSR count). The van der Waals surface area contributed by atoms with Gasteiger partial charge in [0.15, 0.2) is 0 Å². The lowest BCUT2D eigenvalue weighted by atomic mass is 10.3. The fourth-order valence-corrected chi connectivity index (χ4v) is 1.55. The van der Waals surface area contributed by atoms with E-state index < -0.39 is 0 Å². The van der Waals surface area contributed by atoms with Gasteiger partial charge in [-0.2, -0.15) is 0 Å². The van der Waals surface area contributed by atoms with E-state index in [9.17, 15) is 0 Å². The average molecular weight is 253 g/mol. The van der Waals surface area contributed by atoms with Crippen molar-refractivity contribution in [1.29, 1.82) is 0 Å². The zero-order valence-corrected chi connectivity index (χ0v) is 8.98. The summed E-state index contributed by atoms with van der Waals surface area (Å²) in [6.07, 6.45) is 5.23. The van der Waals surface area contributed by atoms with Crippen LogP contribution in [0.5, 0.6) is 0 Å². The number of aromatic nitrogens is 3. The molecule has 2 aromatic heterocycles. The Hall–Kier alpha value is -1.36. The SMILES string of the molecule is Nc1cn(Cc2ncccc2Br)cn1. The Balaban J connectivity index is 2.23. The van der Waals surface area contributed by atoms with Gasteiger partial charge in [0.25, 0.3) is 0 Å². The average Bonchev–Trinajstić information content (AvgIpc) is 2.56. The van der Waals surface area contributed by atoms with Crippen LogP contribution < -0.4 is 5.73 Å². The van der Waals surface area contributed by atoms with Crippen molar-refractivity contribution in [1.82, 2.24) is 14.5 Å². The molecule has 2 heterocycles. The zero-order valence-electron chi connectivity index (χ0n) is 7.39. The van der Waals surface area contributed by atoms with Crippen LogP contribution in [-0.4, -0.2) is 14.5 Å². The number of nitrogens with two attached hydrogens (primary N) is 1. The van der Waals surface area contributed by atoms with Crippen molar-refractivity contribution in [2.45, 2.75) is 6.54 Å². The minimum Gasteiger partial charge on any atom is -0.382 e. The van der Waals surface area contributed by atoms with E-state index in [-0.39, 0.29) is 0 Å². The molecule has 0 spiro atoms. The molecule has 2 aromatic rings. The third kappa shape index (κ3) is 1.93. The van der Waals surface area contributed by atoms with Crippen molar-refractivity contribution in [3.05, 3.63) is 41.0 Å². The van der Waals surface area contributed by atoms with Gasteiger partial charge >= 0.3 is 0 Å². The number of halogens is 1. The van der Waals surface area contributed by atoms with E-state index in [4.69, 9.17) is 5.73 Å². The highest BCUT2D eigenvalue weighted by atomic mass is 79.9. The smallest absolute Gasteiger partial charge is 0.141 e. The van der Waals surface area contributed by atoms with Crippen LogP contribution in [0.1, 0.15) is 5.69 Å². The molecule has 0 unspecified atom stereocenters. The molecule has 72 valence electrons. The van der Waals surface area contributed by atoms with Gasteiger partial charge in [-0.1, -0.05) is 0 Å². The second kappa shape index (κ2) is 3.79. The number of rotatable bonds is 2. The molecule has 5 heteroatoms. The minimum absolute atomic E-state index is 0.525. The van der Waals surface area contributed by atoms with E-state index in [0.29, 0.717) is 12.4 Å². The lowest BCUT2D eigenvalue weighted by Crippen LogP contribution is -1.99. The molecule has 0 atom stereocenters. The Morgan fingerprint density at radius 2 is 2.29 bits per heavy atom. The first-order valence-electron chi connectivity index (χ1n) is 4.12. The maximum atomic E-state index is 5.51. The summed E-state index contributed by atoms with van der Waals surface area (Å²) < 4.78 is 2.88. The molecule has 0 aliphatic carbocycles. The van der Waals surface area contributed by atoms with Gasteiger partial charge in [-0.3, -0.25) is 4.98 Å². The van der Waals surface area contributed by atoms with Gasteiger partial charge in [-0.05, 0) is 28.1 Å². The maximum Gasteiger partial charge on any atom is 0.141 e. The van der Waals surface area contributed by atoms with Crippen LogP contribution in [-0.2, 0) is 6.54 Å². The maximum absolute atomic E-state index is 5.51. The quantitative estimate of drug-likeness (QED) is 0.885. The van der Waals surface area contributed by atoms with Crippen molar-refractivity contribution in [3.63, 3.8) is 0 Å². The summed E-state index contributed by atoms with van der Waals surface area (Å²) >= 11 is 3.43. The number of pyridine rings is 1. The Morgan fingerprint density at radius 3 is 2.93 bits per heavy atom. The first-order chi connectivity index (χ1) is 6.75. The van der Waals surface area contributed by atoms with Gasteiger partial charge < -0.3 is 10.3 Å². The number of hydrogen-bond acceptors (Lipinski definition) is 3. The summed E-state index contributed by atoms with van der Waals surface area (Å²) in [5.41, 5.74) is 6.47. The molecular weight excluding hydrogens is 244 g/mol. The van der Waals surface area contributed by atoms with Gasteiger partial charge in [-0.15, -0.1) is 0 Å². The Bertz CT molecular complexity index is 438. The van der Waals surface area contributed by atoms with Gasteiger partial charge in [0, 0.05) is 16.9 Å². The fraction of sp³-hybridized carbons (Fsp3) is 0.111. The highest BCUT2D eigenvalue weighted by molar-refractivity contribution is 9.10. The predicted octanol–water partition coefficient (Wildman–Crippen LogP) is 1.67. The second-order valence-corrected chi connectivity index (χ2v) is 3.76. The monoisotopic (exact) mass is 252 g/mol. The van der Waals surface area contributed by atoms with Crippen LogP contribution >= 0.6 is 15.9 Å². The van der Waals surface area contributed by atoms with Crippen LogP contribution in [0.15, 0.2) is 35.3 Å². The molecule has 0 bridgehead atoms. The molecule has 14 heavy (non-hydrogen) atoms. The largest absolute Gasteiger partial charge is 0.382 e. The number of nitrogens with zero attached hydrogens (tertiary/aromatic N) is 3. The molecule has 0 saturated carbocycles. The van der Waals surface area contributed by atoms with Crippen LogP contribution in [0, 0.1) is 0 Å². The van der Waals surface area contributed by atoms with E-state index in [1.807, 2.05) is 16.7 Å². The lowest BCUT2D eigenvalue weighted by molar-refractivity contribution is 0.769. The summed E-state index contributed by atoms with van der Waals surface area (Å²) in [7, 11) is 0. The van der Waals surface area contributed by atoms with Crippen molar-refractivity contribution in [3.8, 4) is 0 Å². The van der Waals surface area contributed by atoms with Gasteiger partial charge in [0.2, 0.25) is 0 Å². The van der Waals surface area contributed by atoms with Crippen molar-refractivity contribution in [2.24, 2.45) is 0 Å². The highest BCUT2D eigenvalue weighted by Gasteiger charge is 2.01. The van der Waals surface area contributed by atoms with Crippen molar-refractivity contribution >= 4 is 21.7 Å². The van der Waals surface area contributed by atoms with Crippen molar-refractivity contribution in [2.75, 3.05) is 5.73 Å². The number of hydrogen-bond donors (Lipinski definition) is 1. The molecule has 4 nitrogen and oxygen atoms in total. The highest BCUT2D eigenvalue weighted by Crippen LogP contribution is 2.14. The molecule has 0 amide bonds. The fourth-order valence-electron chi connectivity index (χ4n) is 1.17. The molecule has 0 radical (unpaired) electrons. The van der Waals surface area contributed by atoms with Crippen molar-refractivity contribution < 1.29 is 0 Å². The number of nitrogen functional groups attached to an aromatic ring is 1. The molecular formula is C9H9BrN4. The van der Waals surface area contributed by atoms with Crippen LogP contribution in [0.4, 0.5) is 5.82 Å². The molecule has 0 aliphatic rings. The van der Waals surface area contributed by atoms with E-state index in [1.54, 1.807) is 18.7 Å². The normalized spacial score (nSPS) is 10.4. The number of anilines is 1. The minimum atomic E-state index is 0.525. The van der Waals surface area contributed by atoms with Gasteiger partial charge in [0.1, 0.15) is 5.82 Å². The number of imidazole rings is 1. The Morgan fingerprint density at radius 1 is 1.43 bits per heavy atom. The van der Waals surface area contributed by atoms with E-state index in [2.05, 4.69) is 25.9 Å². The molecule has 0 fully saturated rings. The van der Waals surface area contributed by atoms with Crippen LogP contribution in [0.3, 0.4) is 0 Å². The topological polar surface area (TPSA) is 56.7 Å². The third-order valence-electron chi connectivity index (χ3n) is 1.82. The first-order valence-corrected chi connectivity index (χ1v) is 4.91. The summed E-state index contributed by atoms with van der Waals surface area (Å²) in [5, 5.41) is 0. The zero-order chi connectivity index (χ0) is 9.97. The summed E-state index contributed by atoms with van der Waals surface area (Å²) in [5.74, 6) is 0.525. The Labute approximate surface area is 89.9 Å². The molecule has 0 saturated heterocycles. The summed E-state index contributed by atoms with van der Waals surface area (Å²) in [6, 6.07) is 3.85.